The van der Waals surface area contributed by atoms with Crippen molar-refractivity contribution >= 4 is 21.6 Å². The molecule has 0 unspecified atom stereocenters. The van der Waals surface area contributed by atoms with E-state index in [1.807, 2.05) is 4.90 Å². The molecule has 1 saturated heterocycles. The molecule has 1 aliphatic heterocycles. The van der Waals surface area contributed by atoms with Crippen molar-refractivity contribution in [1.29, 1.82) is 0 Å². The molecule has 2 aromatic carbocycles. The Bertz CT molecular complexity index is 890. The number of rotatable bonds is 7. The van der Waals surface area contributed by atoms with E-state index in [4.69, 9.17) is 4.74 Å². The molecule has 0 aliphatic carbocycles. The van der Waals surface area contributed by atoms with E-state index in [0.29, 0.717) is 18.0 Å². The lowest BCUT2D eigenvalue weighted by atomic mass is 10.2. The lowest BCUT2D eigenvalue weighted by Gasteiger charge is -2.23. The van der Waals surface area contributed by atoms with Crippen LogP contribution in [0.1, 0.15) is 32.6 Å². The Morgan fingerprint density at radius 2 is 1.59 bits per heavy atom. The van der Waals surface area contributed by atoms with Crippen molar-refractivity contribution in [1.82, 2.24) is 4.90 Å². The van der Waals surface area contributed by atoms with E-state index in [1.165, 1.54) is 17.1 Å². The SMILES string of the molecule is CCN(c1ccc(OCC(=O)N2CCCCCC2)cc1)S(=O)(=O)c1ccccc1. The number of carbonyl (C=O) groups is 1. The molecule has 6 nitrogen and oxygen atoms in total. The maximum absolute atomic E-state index is 12.9. The molecule has 0 spiro atoms. The van der Waals surface area contributed by atoms with E-state index in [0.717, 1.165) is 25.9 Å². The smallest absolute Gasteiger partial charge is 0.264 e. The van der Waals surface area contributed by atoms with Crippen LogP contribution in [0.25, 0.3) is 0 Å². The van der Waals surface area contributed by atoms with E-state index >= 15 is 0 Å². The zero-order chi connectivity index (χ0) is 20.7. The third kappa shape index (κ3) is 5.29. The van der Waals surface area contributed by atoms with Gasteiger partial charge in [-0.25, -0.2) is 8.42 Å². The molecule has 0 saturated carbocycles. The van der Waals surface area contributed by atoms with Crippen LogP contribution in [-0.4, -0.2) is 45.5 Å². The van der Waals surface area contributed by atoms with Gasteiger partial charge in [0.05, 0.1) is 10.6 Å². The third-order valence-corrected chi connectivity index (χ3v) is 6.98. The largest absolute Gasteiger partial charge is 0.484 e. The summed E-state index contributed by atoms with van der Waals surface area (Å²) in [5.41, 5.74) is 0.558. The summed E-state index contributed by atoms with van der Waals surface area (Å²) in [6.07, 6.45) is 4.43. The first-order valence-corrected chi connectivity index (χ1v) is 11.5. The van der Waals surface area contributed by atoms with Gasteiger partial charge in [0.25, 0.3) is 15.9 Å². The highest BCUT2D eigenvalue weighted by atomic mass is 32.2. The standard InChI is InChI=1S/C22H28N2O4S/c1-2-24(29(26,27)21-10-6-5-7-11-21)19-12-14-20(15-13-19)28-18-22(25)23-16-8-3-4-9-17-23/h5-7,10-15H,2-4,8-9,16-18H2,1H3. The molecule has 7 heteroatoms. The summed E-state index contributed by atoms with van der Waals surface area (Å²) in [7, 11) is -3.63. The Morgan fingerprint density at radius 1 is 0.966 bits per heavy atom. The molecule has 3 rings (SSSR count). The molecule has 2 aromatic rings. The molecule has 29 heavy (non-hydrogen) atoms. The molecule has 156 valence electrons. The van der Waals surface area contributed by atoms with Gasteiger partial charge in [0.2, 0.25) is 0 Å². The van der Waals surface area contributed by atoms with E-state index in [1.54, 1.807) is 61.5 Å². The van der Waals surface area contributed by atoms with Crippen molar-refractivity contribution in [3.05, 3.63) is 54.6 Å². The summed E-state index contributed by atoms with van der Waals surface area (Å²) < 4.78 is 32.8. The molecule has 1 amide bonds. The van der Waals surface area contributed by atoms with Gasteiger partial charge in [0, 0.05) is 19.6 Å². The summed E-state index contributed by atoms with van der Waals surface area (Å²) >= 11 is 0. The fourth-order valence-corrected chi connectivity index (χ4v) is 4.97. The van der Waals surface area contributed by atoms with Gasteiger partial charge in [-0.15, -0.1) is 0 Å². The van der Waals surface area contributed by atoms with Crippen LogP contribution < -0.4 is 9.04 Å². The number of sulfonamides is 1. The molecular formula is C22H28N2O4S. The lowest BCUT2D eigenvalue weighted by Crippen LogP contribution is -2.35. The van der Waals surface area contributed by atoms with Crippen molar-refractivity contribution in [3.63, 3.8) is 0 Å². The Balaban J connectivity index is 1.65. The number of hydrogen-bond donors (Lipinski definition) is 0. The van der Waals surface area contributed by atoms with Crippen LogP contribution in [-0.2, 0) is 14.8 Å². The van der Waals surface area contributed by atoms with Gasteiger partial charge in [-0.1, -0.05) is 31.0 Å². The van der Waals surface area contributed by atoms with Crippen LogP contribution in [0.2, 0.25) is 0 Å². The average Bonchev–Trinajstić information content (AvgIpc) is 3.03. The monoisotopic (exact) mass is 416 g/mol. The number of carbonyl (C=O) groups excluding carboxylic acids is 1. The van der Waals surface area contributed by atoms with Crippen LogP contribution >= 0.6 is 0 Å². The summed E-state index contributed by atoms with van der Waals surface area (Å²) in [6, 6.07) is 15.2. The first-order chi connectivity index (χ1) is 14.0. The van der Waals surface area contributed by atoms with Gasteiger partial charge in [-0.05, 0) is 56.2 Å². The summed E-state index contributed by atoms with van der Waals surface area (Å²) in [4.78, 5) is 14.5. The van der Waals surface area contributed by atoms with Gasteiger partial charge in [-0.2, -0.15) is 0 Å². The quantitative estimate of drug-likeness (QED) is 0.691. The predicted molar refractivity (Wildman–Crippen MR) is 114 cm³/mol. The zero-order valence-corrected chi connectivity index (χ0v) is 17.6. The van der Waals surface area contributed by atoms with E-state index in [2.05, 4.69) is 0 Å². The minimum Gasteiger partial charge on any atom is -0.484 e. The van der Waals surface area contributed by atoms with E-state index in [-0.39, 0.29) is 17.4 Å². The number of likely N-dealkylation sites (tertiary alicyclic amines) is 1. The van der Waals surface area contributed by atoms with Crippen molar-refractivity contribution < 1.29 is 17.9 Å². The molecule has 0 aromatic heterocycles. The molecule has 0 N–H and O–H groups in total. The normalized spacial score (nSPS) is 14.9. The zero-order valence-electron chi connectivity index (χ0n) is 16.8. The Morgan fingerprint density at radius 3 is 2.17 bits per heavy atom. The van der Waals surface area contributed by atoms with Crippen LogP contribution in [0, 0.1) is 0 Å². The second-order valence-corrected chi connectivity index (χ2v) is 8.92. The highest BCUT2D eigenvalue weighted by molar-refractivity contribution is 7.92. The van der Waals surface area contributed by atoms with Gasteiger partial charge in [-0.3, -0.25) is 9.10 Å². The number of amides is 1. The van der Waals surface area contributed by atoms with E-state index in [9.17, 15) is 13.2 Å². The van der Waals surface area contributed by atoms with Crippen molar-refractivity contribution in [3.8, 4) is 5.75 Å². The van der Waals surface area contributed by atoms with Gasteiger partial charge < -0.3 is 9.64 Å². The fraction of sp³-hybridized carbons (Fsp3) is 0.409. The second kappa shape index (κ2) is 9.78. The van der Waals surface area contributed by atoms with Gasteiger partial charge in [0.15, 0.2) is 6.61 Å². The number of benzene rings is 2. The minimum absolute atomic E-state index is 0.000841. The molecule has 1 fully saturated rings. The molecule has 1 aliphatic rings. The topological polar surface area (TPSA) is 66.9 Å². The fourth-order valence-electron chi connectivity index (χ4n) is 3.48. The maximum Gasteiger partial charge on any atom is 0.264 e. The summed E-state index contributed by atoms with van der Waals surface area (Å²) in [5, 5.41) is 0. The Kier molecular flexibility index (Phi) is 7.14. The number of nitrogens with zero attached hydrogens (tertiary/aromatic N) is 2. The first-order valence-electron chi connectivity index (χ1n) is 10.1. The molecule has 0 radical (unpaired) electrons. The van der Waals surface area contributed by atoms with Crippen molar-refractivity contribution in [2.45, 2.75) is 37.5 Å². The predicted octanol–water partition coefficient (Wildman–Crippen LogP) is 3.68. The second-order valence-electron chi connectivity index (χ2n) is 7.06. The van der Waals surface area contributed by atoms with Crippen LogP contribution in [0.3, 0.4) is 0 Å². The first kappa shape index (κ1) is 21.2. The van der Waals surface area contributed by atoms with Gasteiger partial charge in [0.1, 0.15) is 5.75 Å². The van der Waals surface area contributed by atoms with Crippen LogP contribution in [0.15, 0.2) is 59.5 Å². The number of anilines is 1. The molecular weight excluding hydrogens is 388 g/mol. The highest BCUT2D eigenvalue weighted by Crippen LogP contribution is 2.25. The van der Waals surface area contributed by atoms with Gasteiger partial charge >= 0.3 is 0 Å². The van der Waals surface area contributed by atoms with Crippen LogP contribution in [0.4, 0.5) is 5.69 Å². The highest BCUT2D eigenvalue weighted by Gasteiger charge is 2.23. The lowest BCUT2D eigenvalue weighted by molar-refractivity contribution is -0.133. The van der Waals surface area contributed by atoms with E-state index < -0.39 is 10.0 Å². The summed E-state index contributed by atoms with van der Waals surface area (Å²) in [5.74, 6) is 0.544. The summed E-state index contributed by atoms with van der Waals surface area (Å²) in [6.45, 7) is 3.70. The molecule has 1 heterocycles. The Labute approximate surface area is 173 Å². The van der Waals surface area contributed by atoms with Crippen LogP contribution in [0.5, 0.6) is 5.75 Å². The Hall–Kier alpha value is -2.54. The van der Waals surface area contributed by atoms with Crippen molar-refractivity contribution in [2.75, 3.05) is 30.5 Å². The maximum atomic E-state index is 12.9. The number of hydrogen-bond acceptors (Lipinski definition) is 4. The molecule has 0 atom stereocenters. The third-order valence-electron chi connectivity index (χ3n) is 5.06. The number of ether oxygens (including phenoxy) is 1. The minimum atomic E-state index is -3.63. The molecule has 0 bridgehead atoms. The average molecular weight is 417 g/mol. The van der Waals surface area contributed by atoms with Crippen molar-refractivity contribution in [2.24, 2.45) is 0 Å².